The summed E-state index contributed by atoms with van der Waals surface area (Å²) in [7, 11) is -5.10. The molecule has 0 bridgehead atoms. The highest BCUT2D eigenvalue weighted by atomic mass is 32.2. The van der Waals surface area contributed by atoms with Crippen LogP contribution in [0, 0.1) is 17.4 Å². The van der Waals surface area contributed by atoms with Gasteiger partial charge >= 0.3 is 0 Å². The molecule has 0 radical (unpaired) electrons. The maximum Gasteiger partial charge on any atom is 0.227 e. The number of benzene rings is 1. The molecule has 0 spiro atoms. The summed E-state index contributed by atoms with van der Waals surface area (Å²) < 4.78 is 22.5. The van der Waals surface area contributed by atoms with E-state index in [0.717, 1.165) is 11.3 Å². The van der Waals surface area contributed by atoms with Crippen LogP contribution in [0.5, 0.6) is 0 Å². The number of nitrogens with zero attached hydrogens (tertiary/aromatic N) is 1. The van der Waals surface area contributed by atoms with Crippen molar-refractivity contribution in [1.82, 2.24) is 0 Å². The van der Waals surface area contributed by atoms with E-state index in [1.165, 1.54) is 0 Å². The van der Waals surface area contributed by atoms with E-state index in [-0.39, 0.29) is 24.0 Å². The molecule has 2 N–H and O–H groups in total. The van der Waals surface area contributed by atoms with Gasteiger partial charge in [-0.25, -0.2) is 13.6 Å². The predicted octanol–water partition coefficient (Wildman–Crippen LogP) is 1.56. The van der Waals surface area contributed by atoms with Crippen LogP contribution in [0.15, 0.2) is 24.3 Å². The molecule has 1 aromatic carbocycles. The standard InChI is InChI=1S/C16H22N2O3SSi/c1-23(2,3)9-8-14-6-4-5-7-15(14)18-11-13(10-16(18)19)12-22(17,20)21/h4-7,13H,10-12H2,1-3H3,(H2,17,20,21). The number of carbonyl (C=O) groups excluding carboxylic acids is 1. The zero-order valence-electron chi connectivity index (χ0n) is 13.7. The highest BCUT2D eigenvalue weighted by Gasteiger charge is 2.33. The van der Waals surface area contributed by atoms with Crippen molar-refractivity contribution >= 4 is 29.7 Å². The van der Waals surface area contributed by atoms with Crippen molar-refractivity contribution in [2.24, 2.45) is 11.1 Å². The lowest BCUT2D eigenvalue weighted by atomic mass is 10.1. The Morgan fingerprint density at radius 3 is 2.57 bits per heavy atom. The van der Waals surface area contributed by atoms with Crippen molar-refractivity contribution in [3.8, 4) is 11.5 Å². The Morgan fingerprint density at radius 2 is 1.96 bits per heavy atom. The van der Waals surface area contributed by atoms with Gasteiger partial charge in [-0.15, -0.1) is 5.54 Å². The van der Waals surface area contributed by atoms with Gasteiger partial charge in [-0.1, -0.05) is 37.7 Å². The van der Waals surface area contributed by atoms with E-state index in [1.807, 2.05) is 24.3 Å². The number of para-hydroxylation sites is 1. The van der Waals surface area contributed by atoms with Crippen LogP contribution >= 0.6 is 0 Å². The van der Waals surface area contributed by atoms with Crippen LogP contribution < -0.4 is 10.0 Å². The summed E-state index contributed by atoms with van der Waals surface area (Å²) in [5, 5.41) is 5.09. The van der Waals surface area contributed by atoms with E-state index in [2.05, 4.69) is 31.1 Å². The summed E-state index contributed by atoms with van der Waals surface area (Å²) in [5.74, 6) is 2.67. The number of hydrogen-bond acceptors (Lipinski definition) is 3. The molecule has 1 aromatic rings. The van der Waals surface area contributed by atoms with Crippen LogP contribution in [0.1, 0.15) is 12.0 Å². The van der Waals surface area contributed by atoms with Gasteiger partial charge in [0.05, 0.1) is 11.4 Å². The second kappa shape index (κ2) is 6.47. The van der Waals surface area contributed by atoms with Crippen molar-refractivity contribution in [2.45, 2.75) is 26.1 Å². The Kier molecular flexibility index (Phi) is 4.99. The zero-order chi connectivity index (χ0) is 17.3. The number of rotatable bonds is 3. The fraction of sp³-hybridized carbons (Fsp3) is 0.438. The maximum atomic E-state index is 12.3. The summed E-state index contributed by atoms with van der Waals surface area (Å²) in [4.78, 5) is 13.9. The highest BCUT2D eigenvalue weighted by molar-refractivity contribution is 7.89. The third kappa shape index (κ3) is 5.20. The molecule has 1 atom stereocenters. The lowest BCUT2D eigenvalue weighted by molar-refractivity contribution is -0.117. The third-order valence-corrected chi connectivity index (χ3v) is 5.25. The summed E-state index contributed by atoms with van der Waals surface area (Å²) in [5.41, 5.74) is 4.86. The van der Waals surface area contributed by atoms with Gasteiger partial charge in [-0.2, -0.15) is 0 Å². The van der Waals surface area contributed by atoms with Gasteiger partial charge in [-0.05, 0) is 12.1 Å². The second-order valence-corrected chi connectivity index (χ2v) is 13.3. The zero-order valence-corrected chi connectivity index (χ0v) is 15.5. The first-order valence-electron chi connectivity index (χ1n) is 7.48. The average molecular weight is 351 g/mol. The molecular formula is C16H22N2O3SSi. The van der Waals surface area contributed by atoms with Gasteiger partial charge in [0.15, 0.2) is 0 Å². The Labute approximate surface area is 138 Å². The minimum Gasteiger partial charge on any atom is -0.311 e. The van der Waals surface area contributed by atoms with Gasteiger partial charge in [-0.3, -0.25) is 4.79 Å². The first kappa shape index (κ1) is 17.7. The van der Waals surface area contributed by atoms with Crippen LogP contribution in [0.25, 0.3) is 0 Å². The van der Waals surface area contributed by atoms with Gasteiger partial charge in [0, 0.05) is 24.4 Å². The first-order valence-corrected chi connectivity index (χ1v) is 12.7. The highest BCUT2D eigenvalue weighted by Crippen LogP contribution is 2.28. The fourth-order valence-electron chi connectivity index (χ4n) is 2.52. The Bertz CT molecular complexity index is 772. The number of anilines is 1. The Morgan fingerprint density at radius 1 is 1.30 bits per heavy atom. The van der Waals surface area contributed by atoms with Crippen LogP contribution in [-0.2, 0) is 14.8 Å². The molecule has 1 heterocycles. The molecule has 2 rings (SSSR count). The smallest absolute Gasteiger partial charge is 0.227 e. The minimum atomic E-state index is -3.58. The van der Waals surface area contributed by atoms with Gasteiger partial charge in [0.25, 0.3) is 0 Å². The number of hydrogen-bond donors (Lipinski definition) is 1. The number of carbonyl (C=O) groups is 1. The predicted molar refractivity (Wildman–Crippen MR) is 95.1 cm³/mol. The fourth-order valence-corrected chi connectivity index (χ4v) is 3.91. The SMILES string of the molecule is C[Si](C)(C)C#Cc1ccccc1N1CC(CS(N)(=O)=O)CC1=O. The van der Waals surface area contributed by atoms with E-state index in [1.54, 1.807) is 4.90 Å². The molecule has 1 fully saturated rings. The van der Waals surface area contributed by atoms with Gasteiger partial charge in [0.2, 0.25) is 15.9 Å². The van der Waals surface area contributed by atoms with E-state index < -0.39 is 18.1 Å². The maximum absolute atomic E-state index is 12.3. The lowest BCUT2D eigenvalue weighted by Crippen LogP contribution is -2.28. The monoisotopic (exact) mass is 350 g/mol. The topological polar surface area (TPSA) is 80.5 Å². The van der Waals surface area contributed by atoms with Crippen molar-refractivity contribution in [2.75, 3.05) is 17.2 Å². The molecule has 1 amide bonds. The van der Waals surface area contributed by atoms with Crippen molar-refractivity contribution < 1.29 is 13.2 Å². The van der Waals surface area contributed by atoms with Crippen molar-refractivity contribution in [3.63, 3.8) is 0 Å². The molecule has 23 heavy (non-hydrogen) atoms. The second-order valence-electron chi connectivity index (χ2n) is 6.92. The molecule has 1 aliphatic rings. The van der Waals surface area contributed by atoms with Crippen LogP contribution in [0.2, 0.25) is 19.6 Å². The number of primary sulfonamides is 1. The minimum absolute atomic E-state index is 0.0825. The van der Waals surface area contributed by atoms with E-state index in [4.69, 9.17) is 5.14 Å². The molecule has 124 valence electrons. The number of sulfonamides is 1. The molecule has 0 saturated carbocycles. The Balaban J connectivity index is 2.29. The molecule has 1 aliphatic heterocycles. The quantitative estimate of drug-likeness (QED) is 0.663. The largest absolute Gasteiger partial charge is 0.311 e. The van der Waals surface area contributed by atoms with Crippen LogP contribution in [0.4, 0.5) is 5.69 Å². The molecule has 0 aromatic heterocycles. The first-order chi connectivity index (χ1) is 10.6. The van der Waals surface area contributed by atoms with Gasteiger partial charge < -0.3 is 4.90 Å². The molecule has 7 heteroatoms. The average Bonchev–Trinajstić information content (AvgIpc) is 2.74. The normalized spacial score (nSPS) is 18.7. The van der Waals surface area contributed by atoms with Crippen molar-refractivity contribution in [1.29, 1.82) is 0 Å². The number of amides is 1. The summed E-state index contributed by atoms with van der Waals surface area (Å²) in [6, 6.07) is 7.49. The van der Waals surface area contributed by atoms with E-state index in [9.17, 15) is 13.2 Å². The van der Waals surface area contributed by atoms with Crippen LogP contribution in [0.3, 0.4) is 0 Å². The molecule has 5 nitrogen and oxygen atoms in total. The lowest BCUT2D eigenvalue weighted by Gasteiger charge is -2.18. The summed E-state index contributed by atoms with van der Waals surface area (Å²) in [6.45, 7) is 6.84. The van der Waals surface area contributed by atoms with Crippen LogP contribution in [-0.4, -0.2) is 34.7 Å². The molecule has 1 saturated heterocycles. The van der Waals surface area contributed by atoms with E-state index in [0.29, 0.717) is 6.54 Å². The number of nitrogens with two attached hydrogens (primary N) is 1. The molecular weight excluding hydrogens is 328 g/mol. The summed E-state index contributed by atoms with van der Waals surface area (Å²) in [6.07, 6.45) is 0.201. The third-order valence-electron chi connectivity index (χ3n) is 3.44. The van der Waals surface area contributed by atoms with Crippen molar-refractivity contribution in [3.05, 3.63) is 29.8 Å². The van der Waals surface area contributed by atoms with E-state index >= 15 is 0 Å². The summed E-state index contributed by atoms with van der Waals surface area (Å²) >= 11 is 0. The van der Waals surface area contributed by atoms with Gasteiger partial charge in [0.1, 0.15) is 8.07 Å². The Hall–Kier alpha value is -1.62. The molecule has 0 aliphatic carbocycles. The molecule has 1 unspecified atom stereocenters.